The second-order valence-electron chi connectivity index (χ2n) is 4.98. The first kappa shape index (κ1) is 14.4. The molecule has 0 saturated carbocycles. The number of halogens is 2. The normalized spacial score (nSPS) is 11.2. The van der Waals surface area contributed by atoms with Crippen LogP contribution in [0.2, 0.25) is 5.02 Å². The molecule has 102 valence electrons. The monoisotopic (exact) mass is 297 g/mol. The molecule has 2 aromatic rings. The van der Waals surface area contributed by atoms with Gasteiger partial charge in [0.15, 0.2) is 0 Å². The Balaban J connectivity index is 2.27. The van der Waals surface area contributed by atoms with Crippen LogP contribution in [0.3, 0.4) is 0 Å². The van der Waals surface area contributed by atoms with E-state index in [1.54, 1.807) is 0 Å². The molecule has 5 heteroatoms. The summed E-state index contributed by atoms with van der Waals surface area (Å²) in [5, 5.41) is 9.15. The van der Waals surface area contributed by atoms with Crippen molar-refractivity contribution in [3.05, 3.63) is 46.5 Å². The Hall–Kier alpha value is -1.06. The van der Waals surface area contributed by atoms with E-state index in [1.807, 2.05) is 24.3 Å². The summed E-state index contributed by atoms with van der Waals surface area (Å²) in [5.41, 5.74) is 1.13. The minimum Gasteiger partial charge on any atom is -0.313 e. The van der Waals surface area contributed by atoms with Crippen molar-refractivity contribution in [1.82, 2.24) is 14.8 Å². The number of benzene rings is 1. The van der Waals surface area contributed by atoms with Gasteiger partial charge in [0.25, 0.3) is 0 Å². The standard InChI is InChI=1S/C14H17Cl2N3/c1-10(2)9-19-13(17-18-14(19)8-15)7-11-4-3-5-12(16)6-11/h3-6,10H,7-9H2,1-2H3. The van der Waals surface area contributed by atoms with Crippen molar-refractivity contribution in [2.24, 2.45) is 5.92 Å². The van der Waals surface area contributed by atoms with Gasteiger partial charge in [-0.3, -0.25) is 0 Å². The van der Waals surface area contributed by atoms with Gasteiger partial charge in [-0.25, -0.2) is 0 Å². The van der Waals surface area contributed by atoms with E-state index < -0.39 is 0 Å². The third-order valence-corrected chi connectivity index (χ3v) is 3.30. The van der Waals surface area contributed by atoms with Crippen molar-refractivity contribution in [3.63, 3.8) is 0 Å². The number of alkyl halides is 1. The van der Waals surface area contributed by atoms with Crippen molar-refractivity contribution >= 4 is 23.2 Å². The molecule has 0 aliphatic heterocycles. The Labute approximate surface area is 123 Å². The largest absolute Gasteiger partial charge is 0.313 e. The molecule has 0 aliphatic carbocycles. The first-order chi connectivity index (χ1) is 9.10. The average Bonchev–Trinajstić information content (AvgIpc) is 2.71. The van der Waals surface area contributed by atoms with Gasteiger partial charge in [0.2, 0.25) is 0 Å². The fourth-order valence-electron chi connectivity index (χ4n) is 2.01. The smallest absolute Gasteiger partial charge is 0.147 e. The maximum atomic E-state index is 6.00. The van der Waals surface area contributed by atoms with Crippen LogP contribution in [0.25, 0.3) is 0 Å². The highest BCUT2D eigenvalue weighted by Gasteiger charge is 2.13. The van der Waals surface area contributed by atoms with E-state index in [1.165, 1.54) is 0 Å². The zero-order chi connectivity index (χ0) is 13.8. The SMILES string of the molecule is CC(C)Cn1c(CCl)nnc1Cc1cccc(Cl)c1. The molecule has 0 aliphatic rings. The zero-order valence-corrected chi connectivity index (χ0v) is 12.6. The summed E-state index contributed by atoms with van der Waals surface area (Å²) >= 11 is 11.9. The Bertz CT molecular complexity index is 549. The number of nitrogens with zero attached hydrogens (tertiary/aromatic N) is 3. The first-order valence-corrected chi connectivity index (χ1v) is 7.22. The molecule has 19 heavy (non-hydrogen) atoms. The van der Waals surface area contributed by atoms with E-state index in [0.29, 0.717) is 11.8 Å². The molecule has 1 aromatic carbocycles. The summed E-state index contributed by atoms with van der Waals surface area (Å²) < 4.78 is 2.11. The maximum absolute atomic E-state index is 6.00. The average molecular weight is 298 g/mol. The second kappa shape index (κ2) is 6.40. The molecule has 1 aromatic heterocycles. The third-order valence-electron chi connectivity index (χ3n) is 2.82. The molecular weight excluding hydrogens is 281 g/mol. The van der Waals surface area contributed by atoms with E-state index in [4.69, 9.17) is 23.2 Å². The van der Waals surface area contributed by atoms with Crippen LogP contribution in [-0.2, 0) is 18.8 Å². The second-order valence-corrected chi connectivity index (χ2v) is 5.68. The van der Waals surface area contributed by atoms with Crippen LogP contribution in [-0.4, -0.2) is 14.8 Å². The summed E-state index contributed by atoms with van der Waals surface area (Å²) in [7, 11) is 0. The molecule has 0 spiro atoms. The molecule has 0 saturated heterocycles. The predicted octanol–water partition coefficient (Wildman–Crippen LogP) is 3.92. The van der Waals surface area contributed by atoms with Gasteiger partial charge in [-0.1, -0.05) is 37.6 Å². The molecule has 0 N–H and O–H groups in total. The summed E-state index contributed by atoms with van der Waals surface area (Å²) in [6.45, 7) is 5.22. The summed E-state index contributed by atoms with van der Waals surface area (Å²) in [6, 6.07) is 7.81. The van der Waals surface area contributed by atoms with E-state index in [2.05, 4.69) is 28.6 Å². The Kier molecular flexibility index (Phi) is 4.83. The van der Waals surface area contributed by atoms with Crippen molar-refractivity contribution < 1.29 is 0 Å². The minimum absolute atomic E-state index is 0.384. The highest BCUT2D eigenvalue weighted by molar-refractivity contribution is 6.30. The molecule has 0 radical (unpaired) electrons. The highest BCUT2D eigenvalue weighted by atomic mass is 35.5. The van der Waals surface area contributed by atoms with Crippen molar-refractivity contribution in [2.45, 2.75) is 32.7 Å². The van der Waals surface area contributed by atoms with Gasteiger partial charge in [0.1, 0.15) is 11.6 Å². The Morgan fingerprint density at radius 3 is 2.58 bits per heavy atom. The summed E-state index contributed by atoms with van der Waals surface area (Å²) in [6.07, 6.45) is 0.719. The quantitative estimate of drug-likeness (QED) is 0.783. The van der Waals surface area contributed by atoms with Crippen LogP contribution in [0, 0.1) is 5.92 Å². The molecule has 0 unspecified atom stereocenters. The van der Waals surface area contributed by atoms with Gasteiger partial charge < -0.3 is 4.57 Å². The van der Waals surface area contributed by atoms with Gasteiger partial charge in [-0.15, -0.1) is 21.8 Å². The number of hydrogen-bond acceptors (Lipinski definition) is 2. The highest BCUT2D eigenvalue weighted by Crippen LogP contribution is 2.16. The predicted molar refractivity (Wildman–Crippen MR) is 78.7 cm³/mol. The van der Waals surface area contributed by atoms with Gasteiger partial charge in [-0.05, 0) is 23.6 Å². The van der Waals surface area contributed by atoms with E-state index in [0.717, 1.165) is 35.2 Å². The van der Waals surface area contributed by atoms with E-state index >= 15 is 0 Å². The number of hydrogen-bond donors (Lipinski definition) is 0. The molecule has 0 bridgehead atoms. The number of aromatic nitrogens is 3. The van der Waals surface area contributed by atoms with Crippen LogP contribution in [0.4, 0.5) is 0 Å². The summed E-state index contributed by atoms with van der Waals surface area (Å²) in [5.74, 6) is 2.67. The van der Waals surface area contributed by atoms with Crippen LogP contribution in [0.15, 0.2) is 24.3 Å². The topological polar surface area (TPSA) is 30.7 Å². The molecule has 2 rings (SSSR count). The lowest BCUT2D eigenvalue weighted by Crippen LogP contribution is -2.11. The lowest BCUT2D eigenvalue weighted by molar-refractivity contribution is 0.499. The third kappa shape index (κ3) is 3.71. The Morgan fingerprint density at radius 1 is 1.21 bits per heavy atom. The van der Waals surface area contributed by atoms with E-state index in [-0.39, 0.29) is 0 Å². The van der Waals surface area contributed by atoms with Crippen LogP contribution < -0.4 is 0 Å². The van der Waals surface area contributed by atoms with Gasteiger partial charge in [0, 0.05) is 18.0 Å². The van der Waals surface area contributed by atoms with E-state index in [9.17, 15) is 0 Å². The Morgan fingerprint density at radius 2 is 1.95 bits per heavy atom. The maximum Gasteiger partial charge on any atom is 0.147 e. The minimum atomic E-state index is 0.384. The van der Waals surface area contributed by atoms with Crippen molar-refractivity contribution in [3.8, 4) is 0 Å². The van der Waals surface area contributed by atoms with Crippen LogP contribution in [0.5, 0.6) is 0 Å². The van der Waals surface area contributed by atoms with Crippen molar-refractivity contribution in [2.75, 3.05) is 0 Å². The lowest BCUT2D eigenvalue weighted by Gasteiger charge is -2.11. The molecule has 0 fully saturated rings. The van der Waals surface area contributed by atoms with Crippen LogP contribution in [0.1, 0.15) is 31.1 Å². The van der Waals surface area contributed by atoms with Crippen LogP contribution >= 0.6 is 23.2 Å². The fourth-order valence-corrected chi connectivity index (χ4v) is 2.42. The first-order valence-electron chi connectivity index (χ1n) is 6.31. The fraction of sp³-hybridized carbons (Fsp3) is 0.429. The van der Waals surface area contributed by atoms with Gasteiger partial charge in [0.05, 0.1) is 5.88 Å². The lowest BCUT2D eigenvalue weighted by atomic mass is 10.1. The molecule has 1 heterocycles. The summed E-state index contributed by atoms with van der Waals surface area (Å²) in [4.78, 5) is 0. The van der Waals surface area contributed by atoms with Crippen molar-refractivity contribution in [1.29, 1.82) is 0 Å². The molecule has 0 amide bonds. The molecule has 3 nitrogen and oxygen atoms in total. The number of rotatable bonds is 5. The van der Waals surface area contributed by atoms with Gasteiger partial charge >= 0.3 is 0 Å². The van der Waals surface area contributed by atoms with Gasteiger partial charge in [-0.2, -0.15) is 0 Å². The molecular formula is C14H17Cl2N3. The molecule has 0 atom stereocenters. The zero-order valence-electron chi connectivity index (χ0n) is 11.1.